The molecule has 2 aromatic rings. The van der Waals surface area contributed by atoms with Crippen molar-refractivity contribution >= 4 is 11.6 Å². The van der Waals surface area contributed by atoms with Gasteiger partial charge in [0, 0.05) is 25.0 Å². The van der Waals surface area contributed by atoms with E-state index >= 15 is 0 Å². The summed E-state index contributed by atoms with van der Waals surface area (Å²) >= 11 is 0. The molecule has 8 heteroatoms. The molecule has 0 fully saturated rings. The number of benzene rings is 1. The number of anilines is 2. The molecule has 1 aromatic carbocycles. The zero-order chi connectivity index (χ0) is 18.6. The Bertz CT molecular complexity index is 721. The summed E-state index contributed by atoms with van der Waals surface area (Å²) in [5, 5.41) is 0. The van der Waals surface area contributed by atoms with Crippen molar-refractivity contribution in [2.75, 3.05) is 18.6 Å². The van der Waals surface area contributed by atoms with Crippen molar-refractivity contribution in [3.05, 3.63) is 36.0 Å². The van der Waals surface area contributed by atoms with Gasteiger partial charge in [0.1, 0.15) is 11.3 Å². The summed E-state index contributed by atoms with van der Waals surface area (Å²) < 4.78 is 50.0. The van der Waals surface area contributed by atoms with E-state index in [2.05, 4.69) is 9.97 Å². The monoisotopic (exact) mass is 355 g/mol. The van der Waals surface area contributed by atoms with E-state index in [4.69, 9.17) is 9.47 Å². The lowest BCUT2D eigenvalue weighted by Gasteiger charge is -2.21. The molecule has 0 saturated carbocycles. The Labute approximate surface area is 144 Å². The topological polar surface area (TPSA) is 47.5 Å². The Morgan fingerprint density at radius 1 is 1.24 bits per heavy atom. The third-order valence-corrected chi connectivity index (χ3v) is 3.21. The van der Waals surface area contributed by atoms with Gasteiger partial charge in [0.2, 0.25) is 11.8 Å². The van der Waals surface area contributed by atoms with Crippen LogP contribution >= 0.6 is 0 Å². The molecule has 25 heavy (non-hydrogen) atoms. The number of alkyl halides is 3. The maximum absolute atomic E-state index is 13.1. The molecule has 0 atom stereocenters. The van der Waals surface area contributed by atoms with Gasteiger partial charge in [-0.05, 0) is 32.9 Å². The zero-order valence-electron chi connectivity index (χ0n) is 14.5. The molecule has 0 bridgehead atoms. The molecule has 0 spiro atoms. The third-order valence-electron chi connectivity index (χ3n) is 3.21. The minimum Gasteiger partial charge on any atom is -0.494 e. The van der Waals surface area contributed by atoms with Gasteiger partial charge in [-0.3, -0.25) is 0 Å². The Morgan fingerprint density at radius 3 is 2.56 bits per heavy atom. The highest BCUT2D eigenvalue weighted by Gasteiger charge is 2.36. The van der Waals surface area contributed by atoms with Gasteiger partial charge in [-0.15, -0.1) is 0 Å². The van der Waals surface area contributed by atoms with Crippen LogP contribution in [0, 0.1) is 0 Å². The van der Waals surface area contributed by atoms with E-state index in [0.717, 1.165) is 6.20 Å². The van der Waals surface area contributed by atoms with Crippen molar-refractivity contribution in [2.45, 2.75) is 33.1 Å². The van der Waals surface area contributed by atoms with Crippen molar-refractivity contribution in [3.8, 4) is 11.6 Å². The quantitative estimate of drug-likeness (QED) is 0.766. The Balaban J connectivity index is 2.39. The lowest BCUT2D eigenvalue weighted by molar-refractivity contribution is -0.139. The molecule has 0 aliphatic rings. The first-order chi connectivity index (χ1) is 11.7. The maximum Gasteiger partial charge on any atom is 0.423 e. The number of nitrogens with zero attached hydrogens (tertiary/aromatic N) is 3. The summed E-state index contributed by atoms with van der Waals surface area (Å²) in [5.74, 6) is 0.259. The Kier molecular flexibility index (Phi) is 5.71. The van der Waals surface area contributed by atoms with Gasteiger partial charge in [0.25, 0.3) is 0 Å². The summed E-state index contributed by atoms with van der Waals surface area (Å²) in [4.78, 5) is 9.37. The number of aromatic nitrogens is 2. The molecule has 0 saturated heterocycles. The van der Waals surface area contributed by atoms with Crippen LogP contribution in [0.1, 0.15) is 26.3 Å². The van der Waals surface area contributed by atoms with Crippen LogP contribution in [-0.4, -0.2) is 29.7 Å². The smallest absolute Gasteiger partial charge is 0.423 e. The summed E-state index contributed by atoms with van der Waals surface area (Å²) in [5.41, 5.74) is -0.317. The van der Waals surface area contributed by atoms with Crippen LogP contribution in [-0.2, 0) is 6.18 Å². The van der Waals surface area contributed by atoms with E-state index in [1.807, 2.05) is 6.92 Å². The first-order valence-corrected chi connectivity index (χ1v) is 7.79. The average molecular weight is 355 g/mol. The van der Waals surface area contributed by atoms with Gasteiger partial charge in [-0.1, -0.05) is 6.07 Å². The molecule has 5 nitrogen and oxygen atoms in total. The van der Waals surface area contributed by atoms with Crippen molar-refractivity contribution in [3.63, 3.8) is 0 Å². The summed E-state index contributed by atoms with van der Waals surface area (Å²) in [6, 6.07) is 7.12. The Hall–Kier alpha value is -2.51. The van der Waals surface area contributed by atoms with E-state index in [9.17, 15) is 13.2 Å². The average Bonchev–Trinajstić information content (AvgIpc) is 2.53. The largest absolute Gasteiger partial charge is 0.494 e. The maximum atomic E-state index is 13.1. The van der Waals surface area contributed by atoms with Gasteiger partial charge in [-0.2, -0.15) is 18.2 Å². The zero-order valence-corrected chi connectivity index (χ0v) is 14.5. The SMILES string of the molecule is CCOc1cccc(N(C)c2ncc(C(F)(F)F)c(OC(C)C)n2)c1. The number of ether oxygens (including phenoxy) is 2. The molecule has 0 radical (unpaired) electrons. The minimum absolute atomic E-state index is 0.0947. The molecular weight excluding hydrogens is 335 g/mol. The Morgan fingerprint density at radius 2 is 1.96 bits per heavy atom. The van der Waals surface area contributed by atoms with E-state index < -0.39 is 23.7 Å². The molecular formula is C17H20F3N3O2. The number of hydrogen-bond donors (Lipinski definition) is 0. The molecule has 1 heterocycles. The van der Waals surface area contributed by atoms with Gasteiger partial charge in [-0.25, -0.2) is 4.98 Å². The molecule has 0 aliphatic carbocycles. The van der Waals surface area contributed by atoms with E-state index in [-0.39, 0.29) is 5.95 Å². The first-order valence-electron chi connectivity index (χ1n) is 7.79. The van der Waals surface area contributed by atoms with Gasteiger partial charge >= 0.3 is 6.18 Å². The van der Waals surface area contributed by atoms with E-state index in [1.54, 1.807) is 50.1 Å². The van der Waals surface area contributed by atoms with Crippen molar-refractivity contribution in [1.29, 1.82) is 0 Å². The molecule has 2 rings (SSSR count). The van der Waals surface area contributed by atoms with Crippen molar-refractivity contribution in [2.24, 2.45) is 0 Å². The number of hydrogen-bond acceptors (Lipinski definition) is 5. The van der Waals surface area contributed by atoms with Crippen LogP contribution in [0.2, 0.25) is 0 Å². The summed E-state index contributed by atoms with van der Waals surface area (Å²) in [6.07, 6.45) is -4.30. The highest BCUT2D eigenvalue weighted by Crippen LogP contribution is 2.36. The second kappa shape index (κ2) is 7.58. The second-order valence-electron chi connectivity index (χ2n) is 5.54. The highest BCUT2D eigenvalue weighted by molar-refractivity contribution is 5.59. The van der Waals surface area contributed by atoms with Crippen LogP contribution in [0.15, 0.2) is 30.5 Å². The normalized spacial score (nSPS) is 11.5. The van der Waals surface area contributed by atoms with Gasteiger partial charge < -0.3 is 14.4 Å². The number of rotatable bonds is 6. The predicted molar refractivity (Wildman–Crippen MR) is 88.5 cm³/mol. The van der Waals surface area contributed by atoms with Gasteiger partial charge in [0.15, 0.2) is 0 Å². The lowest BCUT2D eigenvalue weighted by atomic mass is 10.3. The van der Waals surface area contributed by atoms with Crippen LogP contribution < -0.4 is 14.4 Å². The summed E-state index contributed by atoms with van der Waals surface area (Å²) in [7, 11) is 1.66. The minimum atomic E-state index is -4.59. The lowest BCUT2D eigenvalue weighted by Crippen LogP contribution is -2.19. The molecule has 136 valence electrons. The molecule has 0 amide bonds. The fraction of sp³-hybridized carbons (Fsp3) is 0.412. The van der Waals surface area contributed by atoms with Crippen LogP contribution in [0.5, 0.6) is 11.6 Å². The third kappa shape index (κ3) is 4.74. The number of halogens is 3. The highest BCUT2D eigenvalue weighted by atomic mass is 19.4. The van der Waals surface area contributed by atoms with E-state index in [0.29, 0.717) is 18.0 Å². The summed E-state index contributed by atoms with van der Waals surface area (Å²) in [6.45, 7) is 5.65. The van der Waals surface area contributed by atoms with Gasteiger partial charge in [0.05, 0.1) is 12.7 Å². The second-order valence-corrected chi connectivity index (χ2v) is 5.54. The molecule has 0 unspecified atom stereocenters. The van der Waals surface area contributed by atoms with Crippen LogP contribution in [0.4, 0.5) is 24.8 Å². The molecule has 1 aromatic heterocycles. The van der Waals surface area contributed by atoms with Crippen LogP contribution in [0.25, 0.3) is 0 Å². The molecule has 0 N–H and O–H groups in total. The van der Waals surface area contributed by atoms with Crippen LogP contribution in [0.3, 0.4) is 0 Å². The fourth-order valence-electron chi connectivity index (χ4n) is 2.09. The standard InChI is InChI=1S/C17H20F3N3O2/c1-5-24-13-8-6-7-12(9-13)23(4)16-21-10-14(17(18,19)20)15(22-16)25-11(2)3/h6-11H,5H2,1-4H3. The first kappa shape index (κ1) is 18.8. The van der Waals surface area contributed by atoms with Crippen molar-refractivity contribution < 1.29 is 22.6 Å². The predicted octanol–water partition coefficient (Wildman–Crippen LogP) is 4.45. The fourth-order valence-corrected chi connectivity index (χ4v) is 2.09. The van der Waals surface area contributed by atoms with Crippen molar-refractivity contribution in [1.82, 2.24) is 9.97 Å². The molecule has 0 aliphatic heterocycles. The van der Waals surface area contributed by atoms with E-state index in [1.165, 1.54) is 0 Å².